The van der Waals surface area contributed by atoms with Crippen LogP contribution in [0.1, 0.15) is 27.7 Å². The summed E-state index contributed by atoms with van der Waals surface area (Å²) in [6.07, 6.45) is 4.12. The van der Waals surface area contributed by atoms with E-state index in [4.69, 9.17) is 0 Å². The van der Waals surface area contributed by atoms with Gasteiger partial charge in [0.15, 0.2) is 0 Å². The third-order valence-corrected chi connectivity index (χ3v) is 8.14. The highest BCUT2D eigenvalue weighted by Gasteiger charge is 2.33. The highest BCUT2D eigenvalue weighted by atomic mass is 32.2. The molecule has 0 atom stereocenters. The molecule has 0 nitrogen and oxygen atoms in total. The van der Waals surface area contributed by atoms with Crippen molar-refractivity contribution in [2.24, 2.45) is 0 Å². The number of thioether (sulfide) groups is 1. The quantitative estimate of drug-likeness (QED) is 0.474. The fourth-order valence-corrected chi connectivity index (χ4v) is 1.55. The Morgan fingerprint density at radius 1 is 1.29 bits per heavy atom. The molecule has 0 amide bonds. The topological polar surface area (TPSA) is 0 Å². The lowest BCUT2D eigenvalue weighted by atomic mass is 10.2. The van der Waals surface area contributed by atoms with Crippen molar-refractivity contribution in [2.75, 3.05) is 6.26 Å². The molecule has 0 unspecified atom stereocenters. The SMILES string of the molecule is CS/C(C)=C\C#C[Si](C)(C)C(C)(C)C. The molecule has 0 radical (unpaired) electrons. The molecule has 0 aliphatic carbocycles. The zero-order valence-electron chi connectivity index (χ0n) is 10.5. The summed E-state index contributed by atoms with van der Waals surface area (Å²) in [5, 5.41) is 0.362. The van der Waals surface area contributed by atoms with Gasteiger partial charge < -0.3 is 0 Å². The molecule has 0 aliphatic heterocycles. The molecule has 14 heavy (non-hydrogen) atoms. The van der Waals surface area contributed by atoms with Crippen molar-refractivity contribution in [1.29, 1.82) is 0 Å². The van der Waals surface area contributed by atoms with E-state index in [2.05, 4.69) is 58.5 Å². The van der Waals surface area contributed by atoms with Gasteiger partial charge in [-0.05, 0) is 29.2 Å². The molecule has 0 spiro atoms. The molecule has 0 heterocycles. The molecule has 0 rings (SSSR count). The Morgan fingerprint density at radius 2 is 1.79 bits per heavy atom. The van der Waals surface area contributed by atoms with Gasteiger partial charge in [0.2, 0.25) is 0 Å². The molecule has 0 saturated heterocycles. The van der Waals surface area contributed by atoms with E-state index in [1.54, 1.807) is 11.8 Å². The first-order valence-electron chi connectivity index (χ1n) is 4.94. The van der Waals surface area contributed by atoms with Crippen LogP contribution >= 0.6 is 11.8 Å². The van der Waals surface area contributed by atoms with Crippen LogP contribution in [0.3, 0.4) is 0 Å². The van der Waals surface area contributed by atoms with Crippen LogP contribution in [-0.2, 0) is 0 Å². The summed E-state index contributed by atoms with van der Waals surface area (Å²) >= 11 is 1.76. The molecule has 2 heteroatoms. The first-order chi connectivity index (χ1) is 6.20. The van der Waals surface area contributed by atoms with Crippen molar-refractivity contribution in [3.05, 3.63) is 11.0 Å². The van der Waals surface area contributed by atoms with Gasteiger partial charge in [-0.2, -0.15) is 0 Å². The second kappa shape index (κ2) is 5.09. The molecule has 0 bridgehead atoms. The second-order valence-corrected chi connectivity index (χ2v) is 11.2. The van der Waals surface area contributed by atoms with Gasteiger partial charge >= 0.3 is 0 Å². The molecule has 0 saturated carbocycles. The smallest absolute Gasteiger partial charge is 0.134 e. The minimum Gasteiger partial charge on any atom is -0.134 e. The highest BCUT2D eigenvalue weighted by Crippen LogP contribution is 2.35. The van der Waals surface area contributed by atoms with E-state index in [0.29, 0.717) is 5.04 Å². The maximum Gasteiger partial charge on any atom is 0.138 e. The van der Waals surface area contributed by atoms with Crippen LogP contribution < -0.4 is 0 Å². The number of hydrogen-bond acceptors (Lipinski definition) is 1. The van der Waals surface area contributed by atoms with Crippen LogP contribution in [-0.4, -0.2) is 14.3 Å². The summed E-state index contributed by atoms with van der Waals surface area (Å²) in [7, 11) is -1.40. The minimum atomic E-state index is -1.40. The Bertz CT molecular complexity index is 271. The van der Waals surface area contributed by atoms with E-state index in [0.717, 1.165) is 0 Å². The Hall–Kier alpha value is -0.133. The van der Waals surface area contributed by atoms with Gasteiger partial charge in [-0.25, -0.2) is 0 Å². The Kier molecular flexibility index (Phi) is 5.04. The van der Waals surface area contributed by atoms with Crippen molar-refractivity contribution in [3.63, 3.8) is 0 Å². The average molecular weight is 226 g/mol. The summed E-state index contributed by atoms with van der Waals surface area (Å²) < 4.78 is 0. The normalized spacial score (nSPS) is 13.5. The molecule has 0 aromatic rings. The molecule has 0 aromatic carbocycles. The summed E-state index contributed by atoms with van der Waals surface area (Å²) in [4.78, 5) is 1.29. The summed E-state index contributed by atoms with van der Waals surface area (Å²) in [6, 6.07) is 0. The van der Waals surface area contributed by atoms with Gasteiger partial charge in [-0.3, -0.25) is 0 Å². The highest BCUT2D eigenvalue weighted by molar-refractivity contribution is 8.02. The van der Waals surface area contributed by atoms with Crippen LogP contribution in [0.5, 0.6) is 0 Å². The van der Waals surface area contributed by atoms with E-state index in [-0.39, 0.29) is 0 Å². The maximum atomic E-state index is 3.46. The fraction of sp³-hybridized carbons (Fsp3) is 0.667. The molecule has 0 aromatic heterocycles. The van der Waals surface area contributed by atoms with E-state index in [1.807, 2.05) is 6.08 Å². The molecule has 0 N–H and O–H groups in total. The van der Waals surface area contributed by atoms with Crippen molar-refractivity contribution in [2.45, 2.75) is 45.8 Å². The predicted molar refractivity (Wildman–Crippen MR) is 72.2 cm³/mol. The van der Waals surface area contributed by atoms with Gasteiger partial charge in [0.1, 0.15) is 8.07 Å². The number of rotatable bonds is 1. The van der Waals surface area contributed by atoms with Gasteiger partial charge in [-0.15, -0.1) is 17.3 Å². The monoisotopic (exact) mass is 226 g/mol. The molecule has 80 valence electrons. The zero-order valence-corrected chi connectivity index (χ0v) is 12.3. The van der Waals surface area contributed by atoms with E-state index in [9.17, 15) is 0 Å². The average Bonchev–Trinajstić information content (AvgIpc) is 2.01. The lowest BCUT2D eigenvalue weighted by Crippen LogP contribution is -2.35. The Morgan fingerprint density at radius 3 is 2.14 bits per heavy atom. The van der Waals surface area contributed by atoms with Gasteiger partial charge in [0.05, 0.1) is 0 Å². The molecule has 0 aliphatic rings. The Balaban J connectivity index is 4.67. The zero-order chi connectivity index (χ0) is 11.4. The second-order valence-electron chi connectivity index (χ2n) is 5.10. The maximum absolute atomic E-state index is 3.46. The molecular weight excluding hydrogens is 204 g/mol. The first-order valence-corrected chi connectivity index (χ1v) is 9.16. The molecular formula is C12H22SSi. The van der Waals surface area contributed by atoms with Gasteiger partial charge in [0, 0.05) is 0 Å². The fourth-order valence-electron chi connectivity index (χ4n) is 0.565. The minimum absolute atomic E-state index is 0.362. The summed E-state index contributed by atoms with van der Waals surface area (Å²) in [6.45, 7) is 13.6. The lowest BCUT2D eigenvalue weighted by molar-refractivity contribution is 0.731. The number of hydrogen-bond donors (Lipinski definition) is 0. The lowest BCUT2D eigenvalue weighted by Gasteiger charge is -2.31. The van der Waals surface area contributed by atoms with E-state index in [1.165, 1.54) is 4.91 Å². The largest absolute Gasteiger partial charge is 0.138 e. The van der Waals surface area contributed by atoms with Crippen LogP contribution in [0.4, 0.5) is 0 Å². The van der Waals surface area contributed by atoms with Gasteiger partial charge in [-0.1, -0.05) is 39.8 Å². The van der Waals surface area contributed by atoms with Crippen LogP contribution in [0, 0.1) is 11.5 Å². The van der Waals surface area contributed by atoms with E-state index < -0.39 is 8.07 Å². The Labute approximate surface area is 94.6 Å². The van der Waals surface area contributed by atoms with Gasteiger partial charge in [0.25, 0.3) is 0 Å². The first kappa shape index (κ1) is 13.9. The summed E-state index contributed by atoms with van der Waals surface area (Å²) in [5.41, 5.74) is 3.46. The van der Waals surface area contributed by atoms with Crippen LogP contribution in [0.15, 0.2) is 11.0 Å². The third-order valence-electron chi connectivity index (χ3n) is 2.86. The van der Waals surface area contributed by atoms with Crippen molar-refractivity contribution < 1.29 is 0 Å². The molecule has 0 fully saturated rings. The van der Waals surface area contributed by atoms with E-state index >= 15 is 0 Å². The summed E-state index contributed by atoms with van der Waals surface area (Å²) in [5.74, 6) is 3.21. The standard InChI is InChI=1S/C12H22SSi/c1-11(13-5)9-8-10-14(6,7)12(2,3)4/h9H,1-7H3/b11-9-. The van der Waals surface area contributed by atoms with Crippen molar-refractivity contribution in [3.8, 4) is 11.5 Å². The van der Waals surface area contributed by atoms with Crippen molar-refractivity contribution in [1.82, 2.24) is 0 Å². The van der Waals surface area contributed by atoms with Crippen molar-refractivity contribution >= 4 is 19.8 Å². The van der Waals surface area contributed by atoms with Crippen LogP contribution in [0.25, 0.3) is 0 Å². The number of allylic oxidation sites excluding steroid dienone is 2. The predicted octanol–water partition coefficient (Wildman–Crippen LogP) is 4.30. The van der Waals surface area contributed by atoms with Crippen LogP contribution in [0.2, 0.25) is 18.1 Å². The third kappa shape index (κ3) is 4.39.